The first kappa shape index (κ1) is 14.1. The van der Waals surface area contributed by atoms with Crippen molar-refractivity contribution in [2.75, 3.05) is 0 Å². The lowest BCUT2D eigenvalue weighted by Crippen LogP contribution is -2.34. The van der Waals surface area contributed by atoms with Crippen LogP contribution in [0.2, 0.25) is 0 Å². The largest absolute Gasteiger partial charge is 0.506 e. The van der Waals surface area contributed by atoms with Gasteiger partial charge in [-0.1, -0.05) is 12.5 Å². The van der Waals surface area contributed by atoms with Crippen molar-refractivity contribution in [2.45, 2.75) is 39.0 Å². The number of phenolic OH excluding ortho intramolecular Hbond substituents is 2. The number of rotatable bonds is 0. The lowest BCUT2D eigenvalue weighted by atomic mass is 9.61. The van der Waals surface area contributed by atoms with Gasteiger partial charge >= 0.3 is 0 Å². The number of ketones is 1. The van der Waals surface area contributed by atoms with Gasteiger partial charge in [0, 0.05) is 11.0 Å². The molecule has 2 aromatic rings. The first-order valence-corrected chi connectivity index (χ1v) is 7.75. The first-order valence-electron chi connectivity index (χ1n) is 7.75. The van der Waals surface area contributed by atoms with E-state index in [2.05, 4.69) is 6.92 Å². The molecule has 4 rings (SSSR count). The standard InChI is InChI=1S/C19H18O4/c1-9-4-6-19(3)12(10(9)2)8-13(20)14-15(19)17(22)18-11(16(14)21)5-7-23-18/h5,7-8,21-22H,4,6H2,1-3H3. The quantitative estimate of drug-likeness (QED) is 0.709. The highest BCUT2D eigenvalue weighted by atomic mass is 16.3. The monoisotopic (exact) mass is 310 g/mol. The minimum absolute atomic E-state index is 0.0356. The van der Waals surface area contributed by atoms with Crippen LogP contribution in [0, 0.1) is 0 Å². The van der Waals surface area contributed by atoms with Gasteiger partial charge in [-0.25, -0.2) is 0 Å². The Morgan fingerprint density at radius 3 is 2.70 bits per heavy atom. The highest BCUT2D eigenvalue weighted by molar-refractivity contribution is 6.15. The number of furan rings is 1. The van der Waals surface area contributed by atoms with Crippen LogP contribution in [0.4, 0.5) is 0 Å². The number of aromatic hydroxyl groups is 2. The van der Waals surface area contributed by atoms with Crippen LogP contribution in [-0.4, -0.2) is 16.0 Å². The van der Waals surface area contributed by atoms with Gasteiger partial charge in [0.15, 0.2) is 17.1 Å². The summed E-state index contributed by atoms with van der Waals surface area (Å²) in [5.74, 6) is -0.406. The minimum Gasteiger partial charge on any atom is -0.506 e. The molecule has 1 aromatic carbocycles. The molecule has 1 unspecified atom stereocenters. The van der Waals surface area contributed by atoms with Crippen molar-refractivity contribution in [3.63, 3.8) is 0 Å². The van der Waals surface area contributed by atoms with Crippen LogP contribution in [0.15, 0.2) is 39.5 Å². The number of fused-ring (bicyclic) bond motifs is 4. The van der Waals surface area contributed by atoms with Gasteiger partial charge in [0.25, 0.3) is 0 Å². The molecule has 0 fully saturated rings. The fraction of sp³-hybridized carbons (Fsp3) is 0.316. The number of hydrogen-bond donors (Lipinski definition) is 2. The van der Waals surface area contributed by atoms with Crippen molar-refractivity contribution in [1.82, 2.24) is 0 Å². The molecule has 4 heteroatoms. The van der Waals surface area contributed by atoms with Crippen LogP contribution in [0.1, 0.15) is 49.5 Å². The molecule has 0 spiro atoms. The molecule has 0 bridgehead atoms. The third-order valence-corrected chi connectivity index (χ3v) is 5.57. The number of phenols is 2. The summed E-state index contributed by atoms with van der Waals surface area (Å²) in [4.78, 5) is 12.7. The summed E-state index contributed by atoms with van der Waals surface area (Å²) < 4.78 is 5.35. The molecule has 2 aliphatic carbocycles. The van der Waals surface area contributed by atoms with Crippen molar-refractivity contribution < 1.29 is 19.4 Å². The Labute approximate surface area is 133 Å². The molecule has 2 aliphatic rings. The van der Waals surface area contributed by atoms with Gasteiger partial charge in [0.2, 0.25) is 0 Å². The zero-order valence-corrected chi connectivity index (χ0v) is 13.4. The van der Waals surface area contributed by atoms with E-state index < -0.39 is 5.41 Å². The zero-order chi connectivity index (χ0) is 16.5. The smallest absolute Gasteiger partial charge is 0.190 e. The van der Waals surface area contributed by atoms with Crippen LogP contribution >= 0.6 is 0 Å². The molecule has 0 radical (unpaired) electrons. The maximum Gasteiger partial charge on any atom is 0.190 e. The number of hydrogen-bond acceptors (Lipinski definition) is 4. The van der Waals surface area contributed by atoms with Crippen LogP contribution in [-0.2, 0) is 5.41 Å². The molecular weight excluding hydrogens is 292 g/mol. The van der Waals surface area contributed by atoms with Crippen LogP contribution in [0.5, 0.6) is 11.5 Å². The third kappa shape index (κ3) is 1.58. The fourth-order valence-electron chi connectivity index (χ4n) is 4.08. The maximum atomic E-state index is 12.7. The fourth-order valence-corrected chi connectivity index (χ4v) is 4.08. The predicted molar refractivity (Wildman–Crippen MR) is 86.9 cm³/mol. The molecule has 1 heterocycles. The molecule has 0 saturated heterocycles. The van der Waals surface area contributed by atoms with Gasteiger partial charge < -0.3 is 14.6 Å². The van der Waals surface area contributed by atoms with E-state index in [0.717, 1.165) is 24.0 Å². The van der Waals surface area contributed by atoms with Gasteiger partial charge in [0.05, 0.1) is 17.2 Å². The SMILES string of the molecule is CC1=C(C)C2=CC(=O)c3c(c(O)c4occc4c3O)C2(C)CC1. The molecule has 4 nitrogen and oxygen atoms in total. The van der Waals surface area contributed by atoms with E-state index in [0.29, 0.717) is 10.9 Å². The van der Waals surface area contributed by atoms with E-state index in [1.165, 1.54) is 11.8 Å². The Kier molecular flexibility index (Phi) is 2.63. The molecule has 0 amide bonds. The van der Waals surface area contributed by atoms with E-state index in [4.69, 9.17) is 4.42 Å². The Balaban J connectivity index is 2.15. The molecule has 23 heavy (non-hydrogen) atoms. The summed E-state index contributed by atoms with van der Waals surface area (Å²) in [6.45, 7) is 6.11. The van der Waals surface area contributed by atoms with Crippen molar-refractivity contribution >= 4 is 16.8 Å². The first-order chi connectivity index (χ1) is 10.9. The second-order valence-corrected chi connectivity index (χ2v) is 6.77. The van der Waals surface area contributed by atoms with Gasteiger partial charge in [-0.05, 0) is 50.0 Å². The summed E-state index contributed by atoms with van der Waals surface area (Å²) in [5.41, 5.74) is 3.71. The van der Waals surface area contributed by atoms with E-state index in [1.54, 1.807) is 12.1 Å². The van der Waals surface area contributed by atoms with Crippen LogP contribution in [0.25, 0.3) is 11.0 Å². The summed E-state index contributed by atoms with van der Waals surface area (Å²) in [6.07, 6.45) is 4.70. The summed E-state index contributed by atoms with van der Waals surface area (Å²) in [5, 5.41) is 21.7. The molecule has 1 aromatic heterocycles. The van der Waals surface area contributed by atoms with E-state index in [9.17, 15) is 15.0 Å². The lowest BCUT2D eigenvalue weighted by Gasteiger charge is -2.41. The Morgan fingerprint density at radius 2 is 1.96 bits per heavy atom. The van der Waals surface area contributed by atoms with Crippen LogP contribution < -0.4 is 0 Å². The second-order valence-electron chi connectivity index (χ2n) is 6.77. The number of carbonyl (C=O) groups is 1. The van der Waals surface area contributed by atoms with Crippen molar-refractivity contribution in [3.05, 3.63) is 46.3 Å². The molecule has 0 saturated carbocycles. The molecule has 2 N–H and O–H groups in total. The number of benzene rings is 1. The van der Waals surface area contributed by atoms with Crippen molar-refractivity contribution in [2.24, 2.45) is 0 Å². The highest BCUT2D eigenvalue weighted by Crippen LogP contribution is 2.55. The maximum absolute atomic E-state index is 12.7. The van der Waals surface area contributed by atoms with E-state index in [-0.39, 0.29) is 28.4 Å². The van der Waals surface area contributed by atoms with Crippen LogP contribution in [0.3, 0.4) is 0 Å². The van der Waals surface area contributed by atoms with Crippen molar-refractivity contribution in [1.29, 1.82) is 0 Å². The summed E-state index contributed by atoms with van der Waals surface area (Å²) in [6, 6.07) is 1.57. The number of carbonyl (C=O) groups excluding carboxylic acids is 1. The molecule has 118 valence electrons. The zero-order valence-electron chi connectivity index (χ0n) is 13.4. The van der Waals surface area contributed by atoms with Gasteiger partial charge in [-0.2, -0.15) is 0 Å². The van der Waals surface area contributed by atoms with E-state index >= 15 is 0 Å². The van der Waals surface area contributed by atoms with Gasteiger partial charge in [-0.15, -0.1) is 0 Å². The highest BCUT2D eigenvalue weighted by Gasteiger charge is 2.45. The average molecular weight is 310 g/mol. The lowest BCUT2D eigenvalue weighted by molar-refractivity contribution is 0.103. The molecule has 0 aliphatic heterocycles. The third-order valence-electron chi connectivity index (χ3n) is 5.57. The molecular formula is C19H18O4. The Hall–Kier alpha value is -2.49. The average Bonchev–Trinajstić information content (AvgIpc) is 3.00. The topological polar surface area (TPSA) is 70.7 Å². The van der Waals surface area contributed by atoms with E-state index in [1.807, 2.05) is 13.8 Å². The van der Waals surface area contributed by atoms with Crippen molar-refractivity contribution in [3.8, 4) is 11.5 Å². The molecule has 1 atom stereocenters. The predicted octanol–water partition coefficient (Wildman–Crippen LogP) is 4.35. The van der Waals surface area contributed by atoms with Gasteiger partial charge in [-0.3, -0.25) is 4.79 Å². The Bertz CT molecular complexity index is 942. The summed E-state index contributed by atoms with van der Waals surface area (Å²) in [7, 11) is 0. The minimum atomic E-state index is -0.505. The normalized spacial score (nSPS) is 23.8. The van der Waals surface area contributed by atoms with Gasteiger partial charge in [0.1, 0.15) is 5.75 Å². The number of allylic oxidation sites excluding steroid dienone is 4. The Morgan fingerprint density at radius 1 is 1.22 bits per heavy atom. The second kappa shape index (κ2) is 4.28. The summed E-state index contributed by atoms with van der Waals surface area (Å²) >= 11 is 0.